The quantitative estimate of drug-likeness (QED) is 0.0489. The number of sulfonamides is 2. The van der Waals surface area contributed by atoms with Gasteiger partial charge in [-0.1, -0.05) is 36.4 Å². The zero-order valence-corrected chi connectivity index (χ0v) is 40.5. The van der Waals surface area contributed by atoms with E-state index in [0.717, 1.165) is 33.4 Å². The lowest BCUT2D eigenvalue weighted by molar-refractivity contribution is -0.138. The van der Waals surface area contributed by atoms with Gasteiger partial charge in [0, 0.05) is 48.9 Å². The van der Waals surface area contributed by atoms with Crippen molar-refractivity contribution in [1.29, 1.82) is 0 Å². The third-order valence-electron chi connectivity index (χ3n) is 11.3. The van der Waals surface area contributed by atoms with Crippen LogP contribution in [0.15, 0.2) is 141 Å². The molecule has 0 fully saturated rings. The predicted octanol–water partition coefficient (Wildman–Crippen LogP) is 6.47. The number of aryl methyl sites for hydroxylation is 2. The van der Waals surface area contributed by atoms with Gasteiger partial charge in [0.1, 0.15) is 11.1 Å². The maximum absolute atomic E-state index is 13.3. The van der Waals surface area contributed by atoms with Crippen LogP contribution >= 0.6 is 0 Å². The van der Waals surface area contributed by atoms with Crippen molar-refractivity contribution in [2.75, 3.05) is 33.2 Å². The normalized spacial score (nSPS) is 12.2. The molecule has 0 spiro atoms. The number of rotatable bonds is 20. The van der Waals surface area contributed by atoms with Crippen LogP contribution < -0.4 is 31.2 Å². The van der Waals surface area contributed by atoms with Gasteiger partial charge in [-0.3, -0.25) is 28.3 Å². The number of pyridine rings is 2. The second-order valence-corrected chi connectivity index (χ2v) is 20.1. The van der Waals surface area contributed by atoms with Gasteiger partial charge in [0.05, 0.1) is 20.9 Å². The number of alkyl halides is 6. The van der Waals surface area contributed by atoms with Crippen LogP contribution in [0.5, 0.6) is 0 Å². The van der Waals surface area contributed by atoms with E-state index < -0.39 is 66.5 Å². The van der Waals surface area contributed by atoms with E-state index in [2.05, 4.69) is 20.1 Å². The summed E-state index contributed by atoms with van der Waals surface area (Å²) < 4.78 is 139. The molecule has 4 aromatic carbocycles. The molecule has 2 aromatic heterocycles. The highest BCUT2D eigenvalue weighted by Crippen LogP contribution is 2.31. The number of aromatic nitrogens is 2. The lowest BCUT2D eigenvalue weighted by Gasteiger charge is -2.17. The van der Waals surface area contributed by atoms with Crippen molar-refractivity contribution < 1.29 is 52.8 Å². The largest absolute Gasteiger partial charge is 0.416 e. The monoisotopic (exact) mass is 1040 g/mol. The second kappa shape index (κ2) is 22.7. The Bertz CT molecular complexity index is 3070. The van der Waals surface area contributed by atoms with Crippen molar-refractivity contribution in [3.05, 3.63) is 187 Å². The van der Waals surface area contributed by atoms with Gasteiger partial charge < -0.3 is 15.5 Å². The number of benzene rings is 4. The molecule has 15 nitrogen and oxygen atoms in total. The van der Waals surface area contributed by atoms with Crippen molar-refractivity contribution in [3.8, 4) is 11.4 Å². The van der Waals surface area contributed by atoms with E-state index >= 15 is 0 Å². The fourth-order valence-corrected chi connectivity index (χ4v) is 9.56. The van der Waals surface area contributed by atoms with E-state index in [4.69, 9.17) is 0 Å². The van der Waals surface area contributed by atoms with Gasteiger partial charge in [-0.25, -0.2) is 26.3 Å². The van der Waals surface area contributed by atoms with Crippen LogP contribution in [0, 0.1) is 13.8 Å². The van der Waals surface area contributed by atoms with Crippen LogP contribution in [0.2, 0.25) is 0 Å². The number of nitrogens with one attached hydrogen (secondary N) is 4. The summed E-state index contributed by atoms with van der Waals surface area (Å²) in [7, 11) is -6.02. The molecular weight excluding hydrogens is 993 g/mol. The fraction of sp³-hybridized carbons (Fsp3) is 0.265. The van der Waals surface area contributed by atoms with E-state index in [1.807, 2.05) is 4.90 Å². The zero-order valence-electron chi connectivity index (χ0n) is 38.9. The van der Waals surface area contributed by atoms with Crippen LogP contribution in [0.3, 0.4) is 0 Å². The van der Waals surface area contributed by atoms with Crippen LogP contribution in [0.1, 0.15) is 67.2 Å². The van der Waals surface area contributed by atoms with E-state index in [0.29, 0.717) is 48.4 Å². The molecule has 0 atom stereocenters. The number of halogens is 6. The molecule has 4 N–H and O–H groups in total. The van der Waals surface area contributed by atoms with Crippen LogP contribution in [-0.4, -0.2) is 75.9 Å². The Morgan fingerprint density at radius 3 is 1.25 bits per heavy atom. The summed E-state index contributed by atoms with van der Waals surface area (Å²) in [5.74, 6) is -1.56. The summed E-state index contributed by atoms with van der Waals surface area (Å²) in [5.41, 5.74) is -2.62. The van der Waals surface area contributed by atoms with Gasteiger partial charge in [0.15, 0.2) is 0 Å². The number of hydrogen-bond acceptors (Lipinski definition) is 9. The Morgan fingerprint density at radius 2 is 0.903 bits per heavy atom. The van der Waals surface area contributed by atoms with Gasteiger partial charge in [-0.05, 0) is 143 Å². The minimum Gasteiger partial charge on any atom is -0.348 e. The molecule has 6 rings (SSSR count). The Kier molecular flexibility index (Phi) is 17.1. The molecule has 0 aliphatic carbocycles. The molecule has 0 radical (unpaired) electrons. The van der Waals surface area contributed by atoms with Gasteiger partial charge in [0.2, 0.25) is 20.0 Å². The van der Waals surface area contributed by atoms with Crippen LogP contribution in [-0.2, 0) is 45.5 Å². The summed E-state index contributed by atoms with van der Waals surface area (Å²) in [4.78, 5) is 54.4. The SMILES string of the molecule is Cc1ccc(C(=O)NCc2ccc(S(=O)(=O)NCCCN(C)CCCNS(=O)(=O)c3ccc(CNC(=O)c4ccc(C)n(-c5cccc(C(F)(F)F)c5)c4=O)cc3)cc2)c(=O)n1-c1cccc(C(F)(F)F)c1. The van der Waals surface area contributed by atoms with Crippen molar-refractivity contribution in [3.63, 3.8) is 0 Å². The number of nitrogens with zero attached hydrogens (tertiary/aromatic N) is 3. The summed E-state index contributed by atoms with van der Waals surface area (Å²) in [6, 6.07) is 25.1. The summed E-state index contributed by atoms with van der Waals surface area (Å²) in [6.07, 6.45) is -8.42. The third-order valence-corrected chi connectivity index (χ3v) is 14.3. The second-order valence-electron chi connectivity index (χ2n) is 16.6. The molecule has 0 aliphatic rings. The van der Waals surface area contributed by atoms with E-state index in [-0.39, 0.29) is 58.5 Å². The van der Waals surface area contributed by atoms with Crippen LogP contribution in [0.25, 0.3) is 11.4 Å². The molecule has 2 heterocycles. The summed E-state index contributed by atoms with van der Waals surface area (Å²) >= 11 is 0. The van der Waals surface area contributed by atoms with E-state index in [1.54, 1.807) is 7.05 Å². The molecule has 6 aromatic rings. The van der Waals surface area contributed by atoms with Crippen molar-refractivity contribution in [1.82, 2.24) is 34.1 Å². The van der Waals surface area contributed by atoms with E-state index in [9.17, 15) is 62.4 Å². The highest BCUT2D eigenvalue weighted by Gasteiger charge is 2.32. The minimum atomic E-state index is -4.64. The first kappa shape index (κ1) is 54.4. The number of carbonyl (C=O) groups excluding carboxylic acids is 2. The maximum Gasteiger partial charge on any atom is 0.416 e. The van der Waals surface area contributed by atoms with Gasteiger partial charge >= 0.3 is 12.4 Å². The minimum absolute atomic E-state index is 0.0330. The standard InChI is InChI=1S/C49H49F6N7O8S2/c1-32-12-22-42(46(65)61(32)38-10-4-8-36(28-38)48(50,51)52)44(63)56-30-34-14-18-40(19-15-34)71(67,68)58-24-6-26-60(3)27-7-25-59-72(69,70)41-20-16-35(17-21-41)31-57-45(64)43-23-13-33(2)62(47(43)66)39-11-5-9-37(29-39)49(53,54)55/h4-5,8-23,28-29,58-59H,6-7,24-27,30-31H2,1-3H3,(H,56,63)(H,57,64). The topological polar surface area (TPSA) is 198 Å². The molecule has 23 heteroatoms. The molecular formula is C49H49F6N7O8S2. The average molecular weight is 1040 g/mol. The van der Waals surface area contributed by atoms with Crippen molar-refractivity contribution in [2.45, 2.75) is 61.9 Å². The molecule has 2 amide bonds. The smallest absolute Gasteiger partial charge is 0.348 e. The average Bonchev–Trinajstić information content (AvgIpc) is 3.33. The predicted molar refractivity (Wildman–Crippen MR) is 256 cm³/mol. The molecule has 72 heavy (non-hydrogen) atoms. The summed E-state index contributed by atoms with van der Waals surface area (Å²) in [5, 5.41) is 5.17. The van der Waals surface area contributed by atoms with E-state index in [1.165, 1.54) is 111 Å². The zero-order chi connectivity index (χ0) is 52.6. The number of hydrogen-bond donors (Lipinski definition) is 4. The Morgan fingerprint density at radius 1 is 0.542 bits per heavy atom. The van der Waals surface area contributed by atoms with Gasteiger partial charge in [-0.2, -0.15) is 26.3 Å². The molecule has 0 saturated heterocycles. The van der Waals surface area contributed by atoms with Gasteiger partial charge in [-0.15, -0.1) is 0 Å². The molecule has 0 bridgehead atoms. The lowest BCUT2D eigenvalue weighted by Crippen LogP contribution is -2.33. The first-order valence-electron chi connectivity index (χ1n) is 22.1. The number of amides is 2. The molecule has 382 valence electrons. The first-order chi connectivity index (χ1) is 33.9. The van der Waals surface area contributed by atoms with Crippen molar-refractivity contribution >= 4 is 31.9 Å². The Balaban J connectivity index is 0.899. The fourth-order valence-electron chi connectivity index (χ4n) is 7.41. The summed E-state index contributed by atoms with van der Waals surface area (Å²) in [6.45, 7) is 4.03. The molecule has 0 unspecified atom stereocenters. The third kappa shape index (κ3) is 13.7. The maximum atomic E-state index is 13.3. The lowest BCUT2D eigenvalue weighted by atomic mass is 10.1. The van der Waals surface area contributed by atoms with Crippen LogP contribution in [0.4, 0.5) is 26.3 Å². The highest BCUT2D eigenvalue weighted by atomic mass is 32.2. The Labute approximate surface area is 410 Å². The molecule has 0 aliphatic heterocycles. The first-order valence-corrected chi connectivity index (χ1v) is 25.0. The van der Waals surface area contributed by atoms with Gasteiger partial charge in [0.25, 0.3) is 22.9 Å². The Hall–Kier alpha value is -6.92. The number of carbonyl (C=O) groups is 2. The van der Waals surface area contributed by atoms with Crippen molar-refractivity contribution in [2.24, 2.45) is 0 Å². The molecule has 0 saturated carbocycles. The highest BCUT2D eigenvalue weighted by molar-refractivity contribution is 7.89.